The van der Waals surface area contributed by atoms with Gasteiger partial charge in [0.1, 0.15) is 5.82 Å². The Balaban J connectivity index is 1.45. The molecule has 0 saturated heterocycles. The van der Waals surface area contributed by atoms with Crippen molar-refractivity contribution in [3.63, 3.8) is 0 Å². The Morgan fingerprint density at radius 3 is 2.46 bits per heavy atom. The molecule has 1 amide bonds. The second-order valence-electron chi connectivity index (χ2n) is 6.27. The summed E-state index contributed by atoms with van der Waals surface area (Å²) < 4.78 is 1.80. The van der Waals surface area contributed by atoms with Gasteiger partial charge in [0.15, 0.2) is 0 Å². The summed E-state index contributed by atoms with van der Waals surface area (Å²) in [5, 5.41) is 9.61. The third-order valence-corrected chi connectivity index (χ3v) is 4.34. The van der Waals surface area contributed by atoms with Gasteiger partial charge >= 0.3 is 0 Å². The van der Waals surface area contributed by atoms with Crippen LogP contribution in [-0.2, 0) is 17.8 Å². The topological polar surface area (TPSA) is 46.9 Å². The summed E-state index contributed by atoms with van der Waals surface area (Å²) in [4.78, 5) is 12.5. The molecule has 0 unspecified atom stereocenters. The molecular formula is C22H19N3O. The fourth-order valence-electron chi connectivity index (χ4n) is 3.04. The van der Waals surface area contributed by atoms with Gasteiger partial charge in [-0.1, -0.05) is 72.8 Å². The highest BCUT2D eigenvalue weighted by Crippen LogP contribution is 2.17. The second kappa shape index (κ2) is 7.23. The molecule has 0 fully saturated rings. The molecule has 0 aliphatic rings. The van der Waals surface area contributed by atoms with Gasteiger partial charge in [0.25, 0.3) is 0 Å². The van der Waals surface area contributed by atoms with Crippen molar-refractivity contribution >= 4 is 22.5 Å². The van der Waals surface area contributed by atoms with Crippen molar-refractivity contribution in [2.24, 2.45) is 0 Å². The second-order valence-corrected chi connectivity index (χ2v) is 6.27. The van der Waals surface area contributed by atoms with Crippen molar-refractivity contribution in [2.75, 3.05) is 5.32 Å². The van der Waals surface area contributed by atoms with Crippen LogP contribution in [0.3, 0.4) is 0 Å². The molecule has 4 rings (SSSR count). The highest BCUT2D eigenvalue weighted by molar-refractivity contribution is 5.92. The van der Waals surface area contributed by atoms with Gasteiger partial charge in [-0.2, -0.15) is 5.10 Å². The van der Waals surface area contributed by atoms with Gasteiger partial charge in [-0.3, -0.25) is 4.79 Å². The van der Waals surface area contributed by atoms with Crippen LogP contribution in [0, 0.1) is 0 Å². The standard InChI is InChI=1S/C22H19N3O/c26-22(15-18-10-11-19-8-4-5-9-20(19)14-18)24-21-12-13-23-25(21)16-17-6-2-1-3-7-17/h1-14H,15-16H2,(H,24,26). The van der Waals surface area contributed by atoms with Gasteiger partial charge < -0.3 is 5.32 Å². The molecular weight excluding hydrogens is 322 g/mol. The molecule has 128 valence electrons. The maximum absolute atomic E-state index is 12.5. The molecule has 3 aromatic carbocycles. The Hall–Kier alpha value is -3.40. The molecule has 4 aromatic rings. The Bertz CT molecular complexity index is 1040. The fraction of sp³-hybridized carbons (Fsp3) is 0.0909. The van der Waals surface area contributed by atoms with Gasteiger partial charge in [-0.15, -0.1) is 0 Å². The average Bonchev–Trinajstić information content (AvgIpc) is 3.09. The number of carbonyl (C=O) groups is 1. The lowest BCUT2D eigenvalue weighted by Gasteiger charge is -2.09. The average molecular weight is 341 g/mol. The van der Waals surface area contributed by atoms with E-state index in [1.54, 1.807) is 10.9 Å². The van der Waals surface area contributed by atoms with Crippen molar-refractivity contribution < 1.29 is 4.79 Å². The molecule has 4 nitrogen and oxygen atoms in total. The molecule has 4 heteroatoms. The fourth-order valence-corrected chi connectivity index (χ4v) is 3.04. The zero-order valence-corrected chi connectivity index (χ0v) is 14.3. The van der Waals surface area contributed by atoms with E-state index in [0.717, 1.165) is 16.5 Å². The number of aromatic nitrogens is 2. The molecule has 0 spiro atoms. The van der Waals surface area contributed by atoms with Crippen LogP contribution in [0.2, 0.25) is 0 Å². The normalized spacial score (nSPS) is 10.8. The number of fused-ring (bicyclic) bond motifs is 1. The molecule has 0 bridgehead atoms. The van der Waals surface area contributed by atoms with Crippen LogP contribution < -0.4 is 5.32 Å². The van der Waals surface area contributed by atoms with Gasteiger partial charge in [0.2, 0.25) is 5.91 Å². The SMILES string of the molecule is O=C(Cc1ccc2ccccc2c1)Nc1ccnn1Cc1ccccc1. The van der Waals surface area contributed by atoms with E-state index in [0.29, 0.717) is 18.8 Å². The van der Waals surface area contributed by atoms with Gasteiger partial charge in [0.05, 0.1) is 19.2 Å². The zero-order valence-electron chi connectivity index (χ0n) is 14.3. The lowest BCUT2D eigenvalue weighted by Crippen LogP contribution is -2.18. The van der Waals surface area contributed by atoms with E-state index in [9.17, 15) is 4.79 Å². The third kappa shape index (κ3) is 3.64. The summed E-state index contributed by atoms with van der Waals surface area (Å²) in [6.07, 6.45) is 2.04. The summed E-state index contributed by atoms with van der Waals surface area (Å²) in [5.74, 6) is 0.662. The Labute approximate surface area is 152 Å². The van der Waals surface area contributed by atoms with Crippen LogP contribution in [0.1, 0.15) is 11.1 Å². The smallest absolute Gasteiger partial charge is 0.229 e. The number of hydrogen-bond donors (Lipinski definition) is 1. The molecule has 0 atom stereocenters. The first-order valence-electron chi connectivity index (χ1n) is 8.61. The lowest BCUT2D eigenvalue weighted by atomic mass is 10.1. The van der Waals surface area contributed by atoms with E-state index < -0.39 is 0 Å². The number of carbonyl (C=O) groups excluding carboxylic acids is 1. The number of amides is 1. The summed E-state index contributed by atoms with van der Waals surface area (Å²) in [5.41, 5.74) is 2.14. The van der Waals surface area contributed by atoms with E-state index in [1.165, 1.54) is 5.39 Å². The minimum atomic E-state index is -0.0462. The molecule has 1 N–H and O–H groups in total. The first-order valence-corrected chi connectivity index (χ1v) is 8.61. The van der Waals surface area contributed by atoms with Crippen LogP contribution in [0.4, 0.5) is 5.82 Å². The van der Waals surface area contributed by atoms with E-state index in [4.69, 9.17) is 0 Å². The monoisotopic (exact) mass is 341 g/mol. The van der Waals surface area contributed by atoms with E-state index in [2.05, 4.69) is 34.7 Å². The maximum Gasteiger partial charge on any atom is 0.229 e. The summed E-state index contributed by atoms with van der Waals surface area (Å²) in [6, 6.07) is 26.2. The maximum atomic E-state index is 12.5. The van der Waals surface area contributed by atoms with E-state index in [-0.39, 0.29) is 5.91 Å². The molecule has 0 aliphatic heterocycles. The van der Waals surface area contributed by atoms with Crippen molar-refractivity contribution in [3.8, 4) is 0 Å². The first-order chi connectivity index (χ1) is 12.8. The van der Waals surface area contributed by atoms with E-state index in [1.807, 2.05) is 54.6 Å². The molecule has 26 heavy (non-hydrogen) atoms. The van der Waals surface area contributed by atoms with Crippen molar-refractivity contribution in [2.45, 2.75) is 13.0 Å². The Morgan fingerprint density at radius 1 is 0.846 bits per heavy atom. The van der Waals surface area contributed by atoms with Crippen molar-refractivity contribution in [3.05, 3.63) is 96.2 Å². The third-order valence-electron chi connectivity index (χ3n) is 4.34. The van der Waals surface area contributed by atoms with Gasteiger partial charge in [-0.05, 0) is 21.9 Å². The summed E-state index contributed by atoms with van der Waals surface area (Å²) in [6.45, 7) is 0.624. The van der Waals surface area contributed by atoms with Crippen LogP contribution in [0.15, 0.2) is 85.1 Å². The lowest BCUT2D eigenvalue weighted by molar-refractivity contribution is -0.115. The summed E-state index contributed by atoms with van der Waals surface area (Å²) in [7, 11) is 0. The number of hydrogen-bond acceptors (Lipinski definition) is 2. The van der Waals surface area contributed by atoms with Crippen LogP contribution in [-0.4, -0.2) is 15.7 Å². The van der Waals surface area contributed by atoms with Crippen molar-refractivity contribution in [1.82, 2.24) is 9.78 Å². The van der Waals surface area contributed by atoms with Gasteiger partial charge in [0, 0.05) is 6.07 Å². The quantitative estimate of drug-likeness (QED) is 0.589. The molecule has 1 aromatic heterocycles. The number of rotatable bonds is 5. The predicted molar refractivity (Wildman–Crippen MR) is 104 cm³/mol. The zero-order chi connectivity index (χ0) is 17.8. The Morgan fingerprint density at radius 2 is 1.62 bits per heavy atom. The molecule has 0 aliphatic carbocycles. The van der Waals surface area contributed by atoms with Crippen LogP contribution >= 0.6 is 0 Å². The molecule has 0 radical (unpaired) electrons. The molecule has 1 heterocycles. The largest absolute Gasteiger partial charge is 0.311 e. The minimum absolute atomic E-state index is 0.0462. The van der Waals surface area contributed by atoms with Crippen LogP contribution in [0.25, 0.3) is 10.8 Å². The van der Waals surface area contributed by atoms with Crippen molar-refractivity contribution in [1.29, 1.82) is 0 Å². The van der Waals surface area contributed by atoms with Gasteiger partial charge in [-0.25, -0.2) is 4.68 Å². The van der Waals surface area contributed by atoms with Crippen LogP contribution in [0.5, 0.6) is 0 Å². The number of nitrogens with zero attached hydrogens (tertiary/aromatic N) is 2. The number of benzene rings is 3. The predicted octanol–water partition coefficient (Wildman–Crippen LogP) is 4.27. The highest BCUT2D eigenvalue weighted by atomic mass is 16.1. The highest BCUT2D eigenvalue weighted by Gasteiger charge is 2.09. The summed E-state index contributed by atoms with van der Waals surface area (Å²) >= 11 is 0. The number of anilines is 1. The number of nitrogens with one attached hydrogen (secondary N) is 1. The Kier molecular flexibility index (Phi) is 4.48. The molecule has 0 saturated carbocycles. The van der Waals surface area contributed by atoms with E-state index >= 15 is 0 Å². The minimum Gasteiger partial charge on any atom is -0.311 e. The first kappa shape index (κ1) is 16.1.